The van der Waals surface area contributed by atoms with E-state index < -0.39 is 10.8 Å². The average molecular weight is 301 g/mol. The minimum Gasteiger partial charge on any atom is -0.400 e. The van der Waals surface area contributed by atoms with Crippen molar-refractivity contribution in [3.05, 3.63) is 0 Å². The molecule has 5 heteroatoms. The van der Waals surface area contributed by atoms with Gasteiger partial charge in [0.25, 0.3) is 0 Å². The third-order valence-electron chi connectivity index (χ3n) is 4.97. The minimum atomic E-state index is -0.699. The lowest BCUT2D eigenvalue weighted by molar-refractivity contribution is -0.154. The van der Waals surface area contributed by atoms with Crippen LogP contribution in [-0.4, -0.2) is 55.1 Å². The zero-order valence-corrected chi connectivity index (χ0v) is 14.5. The van der Waals surface area contributed by atoms with E-state index in [9.17, 15) is 9.59 Å². The largest absolute Gasteiger partial charge is 0.400 e. The van der Waals surface area contributed by atoms with Crippen LogP contribution in [0, 0.1) is 10.8 Å². The first-order valence-corrected chi connectivity index (χ1v) is 7.42. The molecule has 0 aliphatic carbocycles. The van der Waals surface area contributed by atoms with Crippen molar-refractivity contribution in [2.24, 2.45) is 10.8 Å². The smallest absolute Gasteiger partial charge is 0.229 e. The van der Waals surface area contributed by atoms with Crippen molar-refractivity contribution in [1.29, 1.82) is 0 Å². The molecule has 1 saturated heterocycles. The van der Waals surface area contributed by atoms with E-state index in [1.807, 2.05) is 32.6 Å². The number of ketones is 1. The number of amides is 1. The summed E-state index contributed by atoms with van der Waals surface area (Å²) >= 11 is 0. The van der Waals surface area contributed by atoms with Crippen molar-refractivity contribution in [2.45, 2.75) is 53.5 Å². The quantitative estimate of drug-likeness (QED) is 0.842. The second kappa shape index (κ2) is 7.90. The molecule has 124 valence electrons. The predicted molar refractivity (Wildman–Crippen MR) is 83.0 cm³/mol. The number of hydrogen-bond donors (Lipinski definition) is 1. The zero-order chi connectivity index (χ0) is 16.8. The van der Waals surface area contributed by atoms with Crippen LogP contribution in [0.5, 0.6) is 0 Å². The first-order valence-electron chi connectivity index (χ1n) is 7.42. The lowest BCUT2D eigenvalue weighted by atomic mass is 9.65. The normalized spacial score (nSPS) is 19.0. The molecular formula is C16H31NO4. The molecule has 0 spiro atoms. The number of hydrogen-bond acceptors (Lipinski definition) is 4. The zero-order valence-electron chi connectivity index (χ0n) is 14.5. The molecule has 0 aromatic rings. The van der Waals surface area contributed by atoms with E-state index in [4.69, 9.17) is 9.84 Å². The third kappa shape index (κ3) is 4.04. The van der Waals surface area contributed by atoms with E-state index in [0.29, 0.717) is 6.61 Å². The van der Waals surface area contributed by atoms with Gasteiger partial charge in [-0.25, -0.2) is 0 Å². The van der Waals surface area contributed by atoms with E-state index in [0.717, 1.165) is 26.5 Å². The molecule has 5 nitrogen and oxygen atoms in total. The SMILES string of the molecule is CO.COCC1CCCN1C(=O)C(C)(C)C(C)(C)C(C)=O. The van der Waals surface area contributed by atoms with Gasteiger partial charge in [-0.2, -0.15) is 0 Å². The maximum atomic E-state index is 12.8. The molecule has 1 rings (SSSR count). The molecule has 1 amide bonds. The summed E-state index contributed by atoms with van der Waals surface area (Å²) in [6.07, 6.45) is 1.99. The van der Waals surface area contributed by atoms with Crippen molar-refractivity contribution in [3.63, 3.8) is 0 Å². The van der Waals surface area contributed by atoms with Gasteiger partial charge in [0.05, 0.1) is 18.1 Å². The molecular weight excluding hydrogens is 270 g/mol. The number of likely N-dealkylation sites (tertiary alicyclic amines) is 1. The molecule has 21 heavy (non-hydrogen) atoms. The molecule has 1 aliphatic heterocycles. The molecule has 1 aliphatic rings. The topological polar surface area (TPSA) is 66.8 Å². The predicted octanol–water partition coefficient (Wildman–Crippen LogP) is 1.87. The molecule has 0 saturated carbocycles. The number of carbonyl (C=O) groups is 2. The highest BCUT2D eigenvalue weighted by molar-refractivity contribution is 5.92. The number of aliphatic hydroxyl groups is 1. The molecule has 0 aromatic carbocycles. The van der Waals surface area contributed by atoms with Crippen LogP contribution in [0.15, 0.2) is 0 Å². The van der Waals surface area contributed by atoms with Crippen molar-refractivity contribution in [1.82, 2.24) is 4.90 Å². The van der Waals surface area contributed by atoms with Crippen LogP contribution in [0.4, 0.5) is 0 Å². The number of aliphatic hydroxyl groups excluding tert-OH is 1. The van der Waals surface area contributed by atoms with Crippen molar-refractivity contribution in [2.75, 3.05) is 27.4 Å². The molecule has 0 bridgehead atoms. The Bertz CT molecular complexity index is 363. The fraction of sp³-hybridized carbons (Fsp3) is 0.875. The lowest BCUT2D eigenvalue weighted by Gasteiger charge is -2.42. The highest BCUT2D eigenvalue weighted by Crippen LogP contribution is 2.42. The molecule has 1 fully saturated rings. The first-order chi connectivity index (χ1) is 9.66. The Balaban J connectivity index is 0.00000191. The summed E-state index contributed by atoms with van der Waals surface area (Å²) in [7, 11) is 2.66. The monoisotopic (exact) mass is 301 g/mol. The van der Waals surface area contributed by atoms with Gasteiger partial charge < -0.3 is 14.7 Å². The molecule has 1 atom stereocenters. The highest BCUT2D eigenvalue weighted by Gasteiger charge is 2.49. The maximum Gasteiger partial charge on any atom is 0.229 e. The van der Waals surface area contributed by atoms with E-state index in [1.165, 1.54) is 0 Å². The Hall–Kier alpha value is -0.940. The summed E-state index contributed by atoms with van der Waals surface area (Å²) in [6, 6.07) is 0.152. The van der Waals surface area contributed by atoms with E-state index in [-0.39, 0.29) is 17.7 Å². The van der Waals surface area contributed by atoms with Gasteiger partial charge in [0.2, 0.25) is 5.91 Å². The van der Waals surface area contributed by atoms with Crippen LogP contribution < -0.4 is 0 Å². The molecule has 1 unspecified atom stereocenters. The van der Waals surface area contributed by atoms with Crippen molar-refractivity contribution >= 4 is 11.7 Å². The summed E-state index contributed by atoms with van der Waals surface area (Å²) in [5.74, 6) is 0.112. The van der Waals surface area contributed by atoms with E-state index in [1.54, 1.807) is 14.0 Å². The van der Waals surface area contributed by atoms with Crippen LogP contribution in [0.25, 0.3) is 0 Å². The number of Topliss-reactive ketones (excluding diaryl/α,β-unsaturated/α-hetero) is 1. The van der Waals surface area contributed by atoms with Crippen LogP contribution in [-0.2, 0) is 14.3 Å². The standard InChI is InChI=1S/C15H27NO3.CH4O/c1-11(17)14(2,3)15(4,5)13(18)16-9-7-8-12(16)10-19-6;1-2/h12H,7-10H2,1-6H3;2H,1H3. The van der Waals surface area contributed by atoms with Gasteiger partial charge in [-0.15, -0.1) is 0 Å². The van der Waals surface area contributed by atoms with Crippen molar-refractivity contribution < 1.29 is 19.4 Å². The maximum absolute atomic E-state index is 12.8. The van der Waals surface area contributed by atoms with E-state index in [2.05, 4.69) is 0 Å². The summed E-state index contributed by atoms with van der Waals surface area (Å²) in [6.45, 7) is 10.4. The van der Waals surface area contributed by atoms with Crippen LogP contribution in [0.3, 0.4) is 0 Å². The summed E-state index contributed by atoms with van der Waals surface area (Å²) in [4.78, 5) is 26.6. The van der Waals surface area contributed by atoms with Gasteiger partial charge in [0.1, 0.15) is 5.78 Å². The Kier molecular flexibility index (Phi) is 7.54. The number of carbonyl (C=O) groups excluding carboxylic acids is 2. The van der Waals surface area contributed by atoms with Crippen LogP contribution in [0.1, 0.15) is 47.5 Å². The summed E-state index contributed by atoms with van der Waals surface area (Å²) in [5, 5.41) is 7.00. The minimum absolute atomic E-state index is 0.0494. The Labute approximate surface area is 128 Å². The molecule has 1 N–H and O–H groups in total. The van der Waals surface area contributed by atoms with Gasteiger partial charge in [0, 0.05) is 26.2 Å². The van der Waals surface area contributed by atoms with Crippen molar-refractivity contribution in [3.8, 4) is 0 Å². The fourth-order valence-corrected chi connectivity index (χ4v) is 2.54. The molecule has 0 aromatic heterocycles. The Morgan fingerprint density at radius 1 is 1.19 bits per heavy atom. The number of methoxy groups -OCH3 is 1. The number of rotatable bonds is 5. The Morgan fingerprint density at radius 2 is 1.71 bits per heavy atom. The summed E-state index contributed by atoms with van der Waals surface area (Å²) in [5.41, 5.74) is -1.36. The lowest BCUT2D eigenvalue weighted by Crippen LogP contribution is -2.52. The number of ether oxygens (including phenoxy) is 1. The van der Waals surface area contributed by atoms with Gasteiger partial charge in [-0.1, -0.05) is 27.7 Å². The average Bonchev–Trinajstić information content (AvgIpc) is 2.88. The van der Waals surface area contributed by atoms with Crippen LogP contribution in [0.2, 0.25) is 0 Å². The fourth-order valence-electron chi connectivity index (χ4n) is 2.54. The third-order valence-corrected chi connectivity index (χ3v) is 4.97. The highest BCUT2D eigenvalue weighted by atomic mass is 16.5. The summed E-state index contributed by atoms with van der Waals surface area (Å²) < 4.78 is 5.19. The number of nitrogens with zero attached hydrogens (tertiary/aromatic N) is 1. The first kappa shape index (κ1) is 20.1. The van der Waals surface area contributed by atoms with Gasteiger partial charge >= 0.3 is 0 Å². The van der Waals surface area contributed by atoms with E-state index >= 15 is 0 Å². The van der Waals surface area contributed by atoms with Gasteiger partial charge in [0.15, 0.2) is 0 Å². The van der Waals surface area contributed by atoms with Crippen LogP contribution >= 0.6 is 0 Å². The molecule has 0 radical (unpaired) electrons. The Morgan fingerprint density at radius 3 is 2.14 bits per heavy atom. The molecule has 1 heterocycles. The second-order valence-electron chi connectivity index (χ2n) is 6.56. The van der Waals surface area contributed by atoms with Gasteiger partial charge in [-0.3, -0.25) is 9.59 Å². The van der Waals surface area contributed by atoms with Gasteiger partial charge in [-0.05, 0) is 19.8 Å². The second-order valence-corrected chi connectivity index (χ2v) is 6.56.